The highest BCUT2D eigenvalue weighted by atomic mass is 16.5. The number of carbonyl (C=O) groups is 1. The van der Waals surface area contributed by atoms with Crippen molar-refractivity contribution in [3.63, 3.8) is 0 Å². The molecule has 0 radical (unpaired) electrons. The van der Waals surface area contributed by atoms with Gasteiger partial charge in [0.05, 0.1) is 20.6 Å². The molecule has 5 nitrogen and oxygen atoms in total. The monoisotopic (exact) mass is 326 g/mol. The van der Waals surface area contributed by atoms with Crippen LogP contribution < -0.4 is 9.47 Å². The average molecular weight is 326 g/mol. The van der Waals surface area contributed by atoms with Gasteiger partial charge < -0.3 is 14.6 Å². The van der Waals surface area contributed by atoms with Gasteiger partial charge in [-0.05, 0) is 28.8 Å². The van der Waals surface area contributed by atoms with Crippen LogP contribution >= 0.6 is 0 Å². The first-order chi connectivity index (χ1) is 11.6. The maximum atomic E-state index is 10.9. The molecular formula is C19H18O5. The van der Waals surface area contributed by atoms with Crippen molar-refractivity contribution in [1.29, 1.82) is 0 Å². The molecule has 0 aliphatic rings. The Kier molecular flexibility index (Phi) is 5.77. The number of methoxy groups -OCH3 is 2. The van der Waals surface area contributed by atoms with Crippen molar-refractivity contribution in [3.05, 3.63) is 65.2 Å². The zero-order chi connectivity index (χ0) is 17.5. The standard InChI is InChI=1S/C19H18O5/c1-23-17-8-7-15(12-18(17)24-2)16(9-10-20)14-5-3-13(4-6-14)11-19(21)22/h3-9,12,16H,11H2,1-2H3,(H,21,22). The van der Waals surface area contributed by atoms with Crippen LogP contribution in [0.4, 0.5) is 0 Å². The molecule has 5 heteroatoms. The van der Waals surface area contributed by atoms with Gasteiger partial charge in [0, 0.05) is 12.0 Å². The Morgan fingerprint density at radius 2 is 1.71 bits per heavy atom. The summed E-state index contributed by atoms with van der Waals surface area (Å²) in [6.45, 7) is 0. The molecule has 1 atom stereocenters. The van der Waals surface area contributed by atoms with Crippen molar-refractivity contribution in [2.45, 2.75) is 12.3 Å². The molecule has 0 spiro atoms. The second-order valence-electron chi connectivity index (χ2n) is 5.19. The highest BCUT2D eigenvalue weighted by molar-refractivity contribution is 5.70. The highest BCUT2D eigenvalue weighted by Crippen LogP contribution is 2.33. The fourth-order valence-electron chi connectivity index (χ4n) is 2.52. The van der Waals surface area contributed by atoms with E-state index in [1.165, 1.54) is 6.08 Å². The molecule has 2 aromatic carbocycles. The molecule has 0 saturated carbocycles. The molecule has 1 N–H and O–H groups in total. The summed E-state index contributed by atoms with van der Waals surface area (Å²) in [7, 11) is 3.11. The largest absolute Gasteiger partial charge is 0.493 e. The maximum Gasteiger partial charge on any atom is 0.307 e. The first-order valence-corrected chi connectivity index (χ1v) is 7.32. The Morgan fingerprint density at radius 3 is 2.25 bits per heavy atom. The molecule has 24 heavy (non-hydrogen) atoms. The van der Waals surface area contributed by atoms with Crippen LogP contribution in [0.3, 0.4) is 0 Å². The molecule has 124 valence electrons. The van der Waals surface area contributed by atoms with E-state index in [1.54, 1.807) is 32.4 Å². The number of carbonyl (C=O) groups excluding carboxylic acids is 1. The third-order valence-electron chi connectivity index (χ3n) is 3.70. The van der Waals surface area contributed by atoms with Crippen LogP contribution in [0.1, 0.15) is 22.6 Å². The minimum absolute atomic E-state index is 0.0369. The molecule has 0 amide bonds. The number of rotatable bonds is 7. The first-order valence-electron chi connectivity index (χ1n) is 7.32. The van der Waals surface area contributed by atoms with Gasteiger partial charge in [-0.3, -0.25) is 4.79 Å². The summed E-state index contributed by atoms with van der Waals surface area (Å²) in [5.74, 6) is 1.82. The van der Waals surface area contributed by atoms with Gasteiger partial charge in [0.25, 0.3) is 0 Å². The Balaban J connectivity index is 2.39. The molecule has 2 rings (SSSR count). The van der Waals surface area contributed by atoms with Gasteiger partial charge in [-0.1, -0.05) is 30.3 Å². The van der Waals surface area contributed by atoms with E-state index in [-0.39, 0.29) is 12.3 Å². The Labute approximate surface area is 140 Å². The smallest absolute Gasteiger partial charge is 0.307 e. The molecule has 0 aromatic heterocycles. The molecule has 1 unspecified atom stereocenters. The minimum Gasteiger partial charge on any atom is -0.493 e. The Hall–Kier alpha value is -3.04. The van der Waals surface area contributed by atoms with Gasteiger partial charge >= 0.3 is 5.97 Å². The lowest BCUT2D eigenvalue weighted by molar-refractivity contribution is -0.136. The third kappa shape index (κ3) is 4.03. The molecule has 0 heterocycles. The summed E-state index contributed by atoms with van der Waals surface area (Å²) < 4.78 is 10.5. The molecule has 0 saturated heterocycles. The topological polar surface area (TPSA) is 72.8 Å². The van der Waals surface area contributed by atoms with E-state index >= 15 is 0 Å². The number of benzene rings is 2. The third-order valence-corrected chi connectivity index (χ3v) is 3.70. The van der Waals surface area contributed by atoms with Crippen LogP contribution in [0.25, 0.3) is 0 Å². The molecule has 2 aromatic rings. The van der Waals surface area contributed by atoms with E-state index in [9.17, 15) is 9.59 Å². The second-order valence-corrected chi connectivity index (χ2v) is 5.19. The average Bonchev–Trinajstić information content (AvgIpc) is 2.59. The predicted molar refractivity (Wildman–Crippen MR) is 89.4 cm³/mol. The van der Waals surface area contributed by atoms with Gasteiger partial charge in [0.1, 0.15) is 5.94 Å². The van der Waals surface area contributed by atoms with Crippen LogP contribution in [0, 0.1) is 0 Å². The van der Waals surface area contributed by atoms with E-state index in [1.807, 2.05) is 30.2 Å². The Morgan fingerprint density at radius 1 is 1.08 bits per heavy atom. The van der Waals surface area contributed by atoms with Crippen molar-refractivity contribution in [2.75, 3.05) is 14.2 Å². The Bertz CT molecular complexity index is 758. The minimum atomic E-state index is -0.882. The molecule has 0 fully saturated rings. The normalized spacial score (nSPS) is 11.2. The van der Waals surface area contributed by atoms with Crippen LogP contribution in [-0.2, 0) is 16.0 Å². The number of ether oxygens (including phenoxy) is 2. The number of allylic oxidation sites excluding steroid dienone is 1. The van der Waals surface area contributed by atoms with Gasteiger partial charge in [-0.15, -0.1) is 0 Å². The summed E-state index contributed by atoms with van der Waals surface area (Å²) >= 11 is 0. The van der Waals surface area contributed by atoms with Crippen LogP contribution in [-0.4, -0.2) is 31.2 Å². The quantitative estimate of drug-likeness (QED) is 0.792. The van der Waals surface area contributed by atoms with E-state index in [0.29, 0.717) is 17.1 Å². The number of carboxylic acids is 1. The number of aliphatic carboxylic acids is 1. The van der Waals surface area contributed by atoms with Crippen LogP contribution in [0.2, 0.25) is 0 Å². The molecule has 0 aliphatic carbocycles. The zero-order valence-electron chi connectivity index (χ0n) is 13.5. The zero-order valence-corrected chi connectivity index (χ0v) is 13.5. The lowest BCUT2D eigenvalue weighted by Gasteiger charge is -2.16. The van der Waals surface area contributed by atoms with Crippen molar-refractivity contribution < 1.29 is 24.2 Å². The van der Waals surface area contributed by atoms with Crippen LogP contribution in [0.15, 0.2) is 48.5 Å². The second kappa shape index (κ2) is 7.99. The summed E-state index contributed by atoms with van der Waals surface area (Å²) in [6.07, 6.45) is 1.39. The lowest BCUT2D eigenvalue weighted by atomic mass is 9.90. The van der Waals surface area contributed by atoms with E-state index in [4.69, 9.17) is 14.6 Å². The molecule has 0 bridgehead atoms. The summed E-state index contributed by atoms with van der Waals surface area (Å²) in [5.41, 5.74) is 2.41. The first kappa shape index (κ1) is 17.3. The highest BCUT2D eigenvalue weighted by Gasteiger charge is 2.15. The lowest BCUT2D eigenvalue weighted by Crippen LogP contribution is -2.02. The van der Waals surface area contributed by atoms with E-state index < -0.39 is 5.97 Å². The number of hydrogen-bond acceptors (Lipinski definition) is 4. The summed E-state index contributed by atoms with van der Waals surface area (Å²) in [6, 6.07) is 12.6. The summed E-state index contributed by atoms with van der Waals surface area (Å²) in [5, 5.41) is 8.83. The number of carboxylic acid groups (broad SMARTS) is 1. The SMILES string of the molecule is COc1ccc(C(C=C=O)c2ccc(CC(=O)O)cc2)cc1OC. The number of hydrogen-bond donors (Lipinski definition) is 1. The fraction of sp³-hybridized carbons (Fsp3) is 0.211. The van der Waals surface area contributed by atoms with Gasteiger partial charge in [0.15, 0.2) is 11.5 Å². The fourth-order valence-corrected chi connectivity index (χ4v) is 2.52. The predicted octanol–water partition coefficient (Wildman–Crippen LogP) is 2.85. The molecule has 0 aliphatic heterocycles. The van der Waals surface area contributed by atoms with Crippen LogP contribution in [0.5, 0.6) is 11.5 Å². The maximum absolute atomic E-state index is 10.9. The van der Waals surface area contributed by atoms with Gasteiger partial charge in [0.2, 0.25) is 0 Å². The van der Waals surface area contributed by atoms with Gasteiger partial charge in [-0.25, -0.2) is 4.79 Å². The molecular weight excluding hydrogens is 308 g/mol. The van der Waals surface area contributed by atoms with Crippen molar-refractivity contribution >= 4 is 11.9 Å². The van der Waals surface area contributed by atoms with Crippen molar-refractivity contribution in [3.8, 4) is 11.5 Å². The van der Waals surface area contributed by atoms with Crippen molar-refractivity contribution in [2.24, 2.45) is 0 Å². The van der Waals surface area contributed by atoms with E-state index in [2.05, 4.69) is 0 Å². The van der Waals surface area contributed by atoms with E-state index in [0.717, 1.165) is 11.1 Å². The summed E-state index contributed by atoms with van der Waals surface area (Å²) in [4.78, 5) is 21.7. The van der Waals surface area contributed by atoms with Crippen molar-refractivity contribution in [1.82, 2.24) is 0 Å². The van der Waals surface area contributed by atoms with Gasteiger partial charge in [-0.2, -0.15) is 0 Å².